The highest BCUT2D eigenvalue weighted by Gasteiger charge is 2.35. The van der Waals surface area contributed by atoms with E-state index in [-0.39, 0.29) is 17.4 Å². The smallest absolute Gasteiger partial charge is 0.262 e. The average Bonchev–Trinajstić information content (AvgIpc) is 3.25. The third kappa shape index (κ3) is 3.81. The van der Waals surface area contributed by atoms with E-state index in [2.05, 4.69) is 29.0 Å². The van der Waals surface area contributed by atoms with Gasteiger partial charge in [0.05, 0.1) is 36.9 Å². The van der Waals surface area contributed by atoms with Crippen LogP contribution in [0.1, 0.15) is 27.5 Å². The Kier molecular flexibility index (Phi) is 6.26. The number of hydrogen-bond donors (Lipinski definition) is 0. The van der Waals surface area contributed by atoms with E-state index >= 15 is 0 Å². The Balaban J connectivity index is 1.63. The first-order valence-corrected chi connectivity index (χ1v) is 13.0. The van der Waals surface area contributed by atoms with Crippen molar-refractivity contribution in [2.24, 2.45) is 0 Å². The highest BCUT2D eigenvalue weighted by atomic mass is 16.5. The number of nitrogens with zero attached hydrogens (tertiary/aromatic N) is 3. The number of aromatic nitrogens is 1. The lowest BCUT2D eigenvalue weighted by atomic mass is 10.00. The largest absolute Gasteiger partial charge is 0.493 e. The highest BCUT2D eigenvalue weighted by molar-refractivity contribution is 6.27. The SMILES string of the molecule is COc1ccc2c3c(n(C[C@@H](c4ccccc4)N4CCN(C)CC4)c(=O)c2c1OC)-c1ccccc1C3=O. The Morgan fingerprint density at radius 2 is 1.50 bits per heavy atom. The number of methoxy groups -OCH3 is 2. The minimum absolute atomic E-state index is 0.0383. The predicted molar refractivity (Wildman–Crippen MR) is 148 cm³/mol. The molecule has 2 heterocycles. The zero-order chi connectivity index (χ0) is 26.4. The highest BCUT2D eigenvalue weighted by Crippen LogP contribution is 2.43. The number of hydrogen-bond acceptors (Lipinski definition) is 6. The summed E-state index contributed by atoms with van der Waals surface area (Å²) >= 11 is 0. The van der Waals surface area contributed by atoms with Gasteiger partial charge in [-0.05, 0) is 24.7 Å². The van der Waals surface area contributed by atoms with Crippen LogP contribution in [0.2, 0.25) is 0 Å². The van der Waals surface area contributed by atoms with Gasteiger partial charge in [0.25, 0.3) is 5.56 Å². The normalized spacial score (nSPS) is 16.3. The van der Waals surface area contributed by atoms with Crippen molar-refractivity contribution in [2.45, 2.75) is 12.6 Å². The number of carbonyl (C=O) groups excluding carboxylic acids is 1. The zero-order valence-electron chi connectivity index (χ0n) is 21.9. The van der Waals surface area contributed by atoms with Crippen LogP contribution in [0, 0.1) is 0 Å². The minimum Gasteiger partial charge on any atom is -0.493 e. The van der Waals surface area contributed by atoms with Crippen molar-refractivity contribution < 1.29 is 14.3 Å². The summed E-state index contributed by atoms with van der Waals surface area (Å²) in [4.78, 5) is 33.0. The third-order valence-corrected chi connectivity index (χ3v) is 7.95. The van der Waals surface area contributed by atoms with Gasteiger partial charge in [0.1, 0.15) is 0 Å². The number of piperazine rings is 1. The van der Waals surface area contributed by atoms with E-state index in [1.807, 2.05) is 42.5 Å². The van der Waals surface area contributed by atoms with E-state index in [9.17, 15) is 9.59 Å². The second kappa shape index (κ2) is 9.74. The van der Waals surface area contributed by atoms with E-state index < -0.39 is 0 Å². The van der Waals surface area contributed by atoms with Gasteiger partial charge in [-0.2, -0.15) is 0 Å². The van der Waals surface area contributed by atoms with Crippen LogP contribution < -0.4 is 15.0 Å². The molecule has 1 fully saturated rings. The number of benzene rings is 3. The molecule has 1 aliphatic heterocycles. The number of carbonyl (C=O) groups is 1. The number of rotatable bonds is 6. The van der Waals surface area contributed by atoms with Gasteiger partial charge in [-0.1, -0.05) is 54.6 Å². The summed E-state index contributed by atoms with van der Waals surface area (Å²) < 4.78 is 13.0. The summed E-state index contributed by atoms with van der Waals surface area (Å²) in [6.07, 6.45) is 0. The molecule has 0 amide bonds. The van der Waals surface area contributed by atoms with E-state index in [0.717, 1.165) is 37.3 Å². The molecule has 194 valence electrons. The Labute approximate surface area is 221 Å². The first kappa shape index (κ1) is 24.4. The van der Waals surface area contributed by atoms with Gasteiger partial charge in [0, 0.05) is 49.2 Å². The second-order valence-electron chi connectivity index (χ2n) is 10.0. The fourth-order valence-corrected chi connectivity index (χ4v) is 5.97. The molecule has 0 unspecified atom stereocenters. The van der Waals surface area contributed by atoms with E-state index in [4.69, 9.17) is 9.47 Å². The van der Waals surface area contributed by atoms with Gasteiger partial charge in [0.15, 0.2) is 17.3 Å². The predicted octanol–water partition coefficient (Wildman–Crippen LogP) is 4.22. The van der Waals surface area contributed by atoms with Crippen molar-refractivity contribution in [3.8, 4) is 22.8 Å². The first-order valence-electron chi connectivity index (χ1n) is 13.0. The summed E-state index contributed by atoms with van der Waals surface area (Å²) in [5, 5.41) is 0.966. The summed E-state index contributed by atoms with van der Waals surface area (Å²) in [5.41, 5.74) is 3.61. The monoisotopic (exact) mass is 509 g/mol. The van der Waals surface area contributed by atoms with Crippen LogP contribution >= 0.6 is 0 Å². The molecule has 0 saturated carbocycles. The van der Waals surface area contributed by atoms with Crippen molar-refractivity contribution in [3.05, 3.63) is 93.8 Å². The van der Waals surface area contributed by atoms with Gasteiger partial charge >= 0.3 is 0 Å². The molecular formula is C31H31N3O4. The Morgan fingerprint density at radius 1 is 0.816 bits per heavy atom. The molecule has 4 aromatic rings. The Morgan fingerprint density at radius 3 is 2.18 bits per heavy atom. The minimum atomic E-state index is -0.186. The number of fused-ring (bicyclic) bond motifs is 5. The third-order valence-electron chi connectivity index (χ3n) is 7.95. The average molecular weight is 510 g/mol. The molecule has 0 radical (unpaired) electrons. The van der Waals surface area contributed by atoms with Crippen LogP contribution in [0.3, 0.4) is 0 Å². The lowest BCUT2D eigenvalue weighted by Gasteiger charge is -2.38. The fourth-order valence-electron chi connectivity index (χ4n) is 5.97. The molecular weight excluding hydrogens is 478 g/mol. The molecule has 7 nitrogen and oxygen atoms in total. The van der Waals surface area contributed by atoms with Crippen LogP contribution in [0.4, 0.5) is 0 Å². The van der Waals surface area contributed by atoms with E-state index in [0.29, 0.717) is 45.6 Å². The molecule has 1 saturated heterocycles. The molecule has 0 bridgehead atoms. The lowest BCUT2D eigenvalue weighted by Crippen LogP contribution is -2.47. The molecule has 38 heavy (non-hydrogen) atoms. The standard InChI is InChI=1S/C31H31N3O4/c1-32-15-17-33(18-16-32)24(20-9-5-4-6-10-20)19-34-28-21-11-7-8-12-22(21)29(35)26(28)23-13-14-25(37-2)30(38-3)27(23)31(34)36/h4-14,24H,15-19H2,1-3H3/t24-/m0/s1. The van der Waals surface area contributed by atoms with Gasteiger partial charge in [-0.3, -0.25) is 14.5 Å². The maximum atomic E-state index is 14.4. The lowest BCUT2D eigenvalue weighted by molar-refractivity contribution is 0.101. The number of pyridine rings is 1. The van der Waals surface area contributed by atoms with Gasteiger partial charge in [0.2, 0.25) is 0 Å². The topological polar surface area (TPSA) is 64.0 Å². The zero-order valence-corrected chi connectivity index (χ0v) is 21.9. The first-order chi connectivity index (χ1) is 18.5. The van der Waals surface area contributed by atoms with Crippen molar-refractivity contribution >= 4 is 16.6 Å². The maximum absolute atomic E-state index is 14.4. The van der Waals surface area contributed by atoms with Crippen LogP contribution in [0.5, 0.6) is 11.5 Å². The second-order valence-corrected chi connectivity index (χ2v) is 10.0. The van der Waals surface area contributed by atoms with Crippen LogP contribution in [0.15, 0.2) is 71.5 Å². The quantitative estimate of drug-likeness (QED) is 0.342. The van der Waals surface area contributed by atoms with Crippen molar-refractivity contribution in [3.63, 3.8) is 0 Å². The van der Waals surface area contributed by atoms with E-state index in [1.165, 1.54) is 7.11 Å². The summed E-state index contributed by atoms with van der Waals surface area (Å²) in [6.45, 7) is 4.12. The van der Waals surface area contributed by atoms with Crippen molar-refractivity contribution in [1.29, 1.82) is 0 Å². The molecule has 6 rings (SSSR count). The molecule has 1 aliphatic carbocycles. The van der Waals surface area contributed by atoms with Crippen molar-refractivity contribution in [1.82, 2.24) is 14.4 Å². The number of likely N-dealkylation sites (N-methyl/N-ethyl adjacent to an activating group) is 1. The van der Waals surface area contributed by atoms with Crippen molar-refractivity contribution in [2.75, 3.05) is 47.4 Å². The van der Waals surface area contributed by atoms with E-state index in [1.54, 1.807) is 23.8 Å². The van der Waals surface area contributed by atoms with Crippen LogP contribution in [-0.4, -0.2) is 67.6 Å². The van der Waals surface area contributed by atoms with Gasteiger partial charge < -0.3 is 18.9 Å². The molecule has 1 atom stereocenters. The Bertz CT molecular complexity index is 1590. The molecule has 0 spiro atoms. The molecule has 1 aromatic heterocycles. The van der Waals surface area contributed by atoms with Crippen LogP contribution in [-0.2, 0) is 6.54 Å². The summed E-state index contributed by atoms with van der Waals surface area (Å²) in [5.74, 6) is 0.744. The fraction of sp³-hybridized carbons (Fsp3) is 0.290. The molecule has 0 N–H and O–H groups in total. The van der Waals surface area contributed by atoms with Gasteiger partial charge in [-0.15, -0.1) is 0 Å². The molecule has 7 heteroatoms. The molecule has 2 aliphatic rings. The van der Waals surface area contributed by atoms with Crippen LogP contribution in [0.25, 0.3) is 22.0 Å². The summed E-state index contributed by atoms with van der Waals surface area (Å²) in [7, 11) is 5.22. The number of ether oxygens (including phenoxy) is 2. The summed E-state index contributed by atoms with van der Waals surface area (Å²) in [6, 6.07) is 21.4. The Hall–Kier alpha value is -3.94. The van der Waals surface area contributed by atoms with Gasteiger partial charge in [-0.25, -0.2) is 0 Å². The molecule has 3 aromatic carbocycles. The maximum Gasteiger partial charge on any atom is 0.262 e. The number of ketones is 1.